The van der Waals surface area contributed by atoms with Gasteiger partial charge in [-0.25, -0.2) is 13.6 Å². The van der Waals surface area contributed by atoms with E-state index in [1.807, 2.05) is 0 Å². The Balaban J connectivity index is 2.13. The number of rotatable bonds is 3. The molecular formula is C14H11ClF2N2O2. The van der Waals surface area contributed by atoms with Gasteiger partial charge in [0.25, 0.3) is 0 Å². The van der Waals surface area contributed by atoms with E-state index in [-0.39, 0.29) is 23.0 Å². The molecule has 0 aromatic heterocycles. The lowest BCUT2D eigenvalue weighted by molar-refractivity contribution is 0.262. The predicted octanol–water partition coefficient (Wildman–Crippen LogP) is 3.75. The van der Waals surface area contributed by atoms with Crippen molar-refractivity contribution in [3.05, 3.63) is 58.6 Å². The fraction of sp³-hybridized carbons (Fsp3) is 0.0714. The molecule has 0 saturated carbocycles. The number of nitrogens with one attached hydrogen (secondary N) is 2. The van der Waals surface area contributed by atoms with E-state index in [0.29, 0.717) is 5.56 Å². The molecule has 0 aliphatic rings. The summed E-state index contributed by atoms with van der Waals surface area (Å²) in [6.07, 6.45) is 0. The van der Waals surface area contributed by atoms with Crippen LogP contribution in [0.5, 0.6) is 0 Å². The monoisotopic (exact) mass is 312 g/mol. The third kappa shape index (κ3) is 4.14. The van der Waals surface area contributed by atoms with Crippen LogP contribution in [0, 0.1) is 11.6 Å². The van der Waals surface area contributed by atoms with Crippen LogP contribution in [0.25, 0.3) is 0 Å². The largest absolute Gasteiger partial charge is 0.392 e. The number of carbonyl (C=O) groups excluding carboxylic acids is 1. The number of urea groups is 1. The lowest BCUT2D eigenvalue weighted by atomic mass is 10.2. The molecule has 110 valence electrons. The van der Waals surface area contributed by atoms with Crippen molar-refractivity contribution in [1.82, 2.24) is 0 Å². The Kier molecular flexibility index (Phi) is 4.72. The number of aliphatic hydroxyl groups excluding tert-OH is 1. The second kappa shape index (κ2) is 6.51. The maximum Gasteiger partial charge on any atom is 0.323 e. The van der Waals surface area contributed by atoms with Gasteiger partial charge in [-0.2, -0.15) is 0 Å². The molecule has 0 spiro atoms. The molecule has 7 heteroatoms. The molecule has 2 aromatic carbocycles. The summed E-state index contributed by atoms with van der Waals surface area (Å²) in [5.41, 5.74) is 0.626. The number of aliphatic hydroxyl groups is 1. The Morgan fingerprint density at radius 2 is 1.86 bits per heavy atom. The van der Waals surface area contributed by atoms with Crippen molar-refractivity contribution in [2.24, 2.45) is 0 Å². The van der Waals surface area contributed by atoms with E-state index in [1.165, 1.54) is 18.2 Å². The lowest BCUT2D eigenvalue weighted by Crippen LogP contribution is -2.20. The van der Waals surface area contributed by atoms with Gasteiger partial charge in [-0.3, -0.25) is 0 Å². The molecule has 0 bridgehead atoms. The minimum atomic E-state index is -0.711. The summed E-state index contributed by atoms with van der Waals surface area (Å²) >= 11 is 5.67. The van der Waals surface area contributed by atoms with Crippen molar-refractivity contribution < 1.29 is 18.7 Å². The van der Waals surface area contributed by atoms with Gasteiger partial charge in [-0.15, -0.1) is 0 Å². The average Bonchev–Trinajstić information content (AvgIpc) is 2.37. The molecule has 21 heavy (non-hydrogen) atoms. The highest BCUT2D eigenvalue weighted by Gasteiger charge is 2.09. The molecule has 0 aliphatic carbocycles. The van der Waals surface area contributed by atoms with Crippen LogP contribution >= 0.6 is 11.6 Å². The third-order valence-electron chi connectivity index (χ3n) is 2.61. The summed E-state index contributed by atoms with van der Waals surface area (Å²) in [6, 6.07) is 6.43. The fourth-order valence-electron chi connectivity index (χ4n) is 1.71. The Bertz CT molecular complexity index is 660. The number of hydrogen-bond acceptors (Lipinski definition) is 2. The molecule has 0 unspecified atom stereocenters. The van der Waals surface area contributed by atoms with Gasteiger partial charge >= 0.3 is 6.03 Å². The van der Waals surface area contributed by atoms with Crippen LogP contribution < -0.4 is 10.6 Å². The maximum absolute atomic E-state index is 13.1. The molecule has 0 aliphatic heterocycles. The maximum atomic E-state index is 13.1. The first-order valence-electron chi connectivity index (χ1n) is 5.91. The van der Waals surface area contributed by atoms with Crippen LogP contribution in [-0.2, 0) is 6.61 Å². The van der Waals surface area contributed by atoms with Crippen LogP contribution in [-0.4, -0.2) is 11.1 Å². The molecule has 0 fully saturated rings. The van der Waals surface area contributed by atoms with Crippen molar-refractivity contribution in [3.63, 3.8) is 0 Å². The minimum Gasteiger partial charge on any atom is -0.392 e. The van der Waals surface area contributed by atoms with Crippen molar-refractivity contribution in [2.75, 3.05) is 10.6 Å². The topological polar surface area (TPSA) is 61.4 Å². The summed E-state index contributed by atoms with van der Waals surface area (Å²) in [4.78, 5) is 11.8. The Hall–Kier alpha value is -2.18. The molecule has 3 N–H and O–H groups in total. The number of benzene rings is 2. The van der Waals surface area contributed by atoms with Gasteiger partial charge in [0, 0.05) is 16.3 Å². The van der Waals surface area contributed by atoms with Gasteiger partial charge in [0.05, 0.1) is 12.3 Å². The smallest absolute Gasteiger partial charge is 0.323 e. The highest BCUT2D eigenvalue weighted by molar-refractivity contribution is 6.30. The number of amides is 2. The lowest BCUT2D eigenvalue weighted by Gasteiger charge is -2.11. The number of hydrogen-bond donors (Lipinski definition) is 3. The van der Waals surface area contributed by atoms with Gasteiger partial charge in [-0.05, 0) is 30.3 Å². The normalized spacial score (nSPS) is 10.3. The van der Waals surface area contributed by atoms with Crippen molar-refractivity contribution in [3.8, 4) is 0 Å². The number of anilines is 2. The van der Waals surface area contributed by atoms with Gasteiger partial charge in [0.2, 0.25) is 0 Å². The number of carbonyl (C=O) groups is 1. The first-order valence-corrected chi connectivity index (χ1v) is 6.29. The quantitative estimate of drug-likeness (QED) is 0.808. The highest BCUT2D eigenvalue weighted by Crippen LogP contribution is 2.20. The standard InChI is InChI=1S/C14H11ClF2N2O2/c15-9-3-11(17)5-12(4-9)18-14(21)19-13-6-10(16)2-1-8(13)7-20/h1-6,20H,7H2,(H2,18,19,21). The van der Waals surface area contributed by atoms with E-state index in [4.69, 9.17) is 16.7 Å². The van der Waals surface area contributed by atoms with E-state index in [9.17, 15) is 13.6 Å². The zero-order valence-corrected chi connectivity index (χ0v) is 11.4. The average molecular weight is 313 g/mol. The van der Waals surface area contributed by atoms with E-state index < -0.39 is 17.7 Å². The molecule has 2 aromatic rings. The third-order valence-corrected chi connectivity index (χ3v) is 2.83. The van der Waals surface area contributed by atoms with Crippen LogP contribution in [0.1, 0.15) is 5.56 Å². The van der Waals surface area contributed by atoms with Crippen LogP contribution in [0.15, 0.2) is 36.4 Å². The molecule has 2 rings (SSSR count). The Morgan fingerprint density at radius 1 is 1.10 bits per heavy atom. The predicted molar refractivity (Wildman–Crippen MR) is 76.4 cm³/mol. The minimum absolute atomic E-state index is 0.123. The van der Waals surface area contributed by atoms with Gasteiger partial charge < -0.3 is 15.7 Å². The highest BCUT2D eigenvalue weighted by atomic mass is 35.5. The number of halogens is 3. The van der Waals surface area contributed by atoms with E-state index in [2.05, 4.69) is 10.6 Å². The van der Waals surface area contributed by atoms with Gasteiger partial charge in [0.15, 0.2) is 0 Å². The zero-order valence-electron chi connectivity index (χ0n) is 10.7. The molecule has 4 nitrogen and oxygen atoms in total. The first kappa shape index (κ1) is 15.2. The fourth-order valence-corrected chi connectivity index (χ4v) is 1.94. The molecule has 2 amide bonds. The SMILES string of the molecule is O=C(Nc1cc(F)cc(Cl)c1)Nc1cc(F)ccc1CO. The molecule has 0 heterocycles. The summed E-state index contributed by atoms with van der Waals surface area (Å²) in [7, 11) is 0. The second-order valence-electron chi connectivity index (χ2n) is 4.20. The summed E-state index contributed by atoms with van der Waals surface area (Å²) < 4.78 is 26.3. The molecule has 0 radical (unpaired) electrons. The second-order valence-corrected chi connectivity index (χ2v) is 4.63. The van der Waals surface area contributed by atoms with Crippen molar-refractivity contribution in [1.29, 1.82) is 0 Å². The van der Waals surface area contributed by atoms with E-state index >= 15 is 0 Å². The summed E-state index contributed by atoms with van der Waals surface area (Å²) in [5.74, 6) is -1.16. The van der Waals surface area contributed by atoms with Crippen LogP contribution in [0.2, 0.25) is 5.02 Å². The van der Waals surface area contributed by atoms with Crippen LogP contribution in [0.3, 0.4) is 0 Å². The molecule has 0 atom stereocenters. The Labute approximate surface area is 124 Å². The first-order chi connectivity index (χ1) is 9.97. The summed E-state index contributed by atoms with van der Waals surface area (Å²) in [5, 5.41) is 14.0. The summed E-state index contributed by atoms with van der Waals surface area (Å²) in [6.45, 7) is -0.359. The molecular weight excluding hydrogens is 302 g/mol. The molecule has 0 saturated heterocycles. The van der Waals surface area contributed by atoms with Crippen molar-refractivity contribution in [2.45, 2.75) is 6.61 Å². The Morgan fingerprint density at radius 3 is 2.52 bits per heavy atom. The van der Waals surface area contributed by atoms with E-state index in [1.54, 1.807) is 0 Å². The van der Waals surface area contributed by atoms with Gasteiger partial charge in [-0.1, -0.05) is 17.7 Å². The van der Waals surface area contributed by atoms with Crippen molar-refractivity contribution >= 4 is 29.0 Å². The van der Waals surface area contributed by atoms with Gasteiger partial charge in [0.1, 0.15) is 11.6 Å². The van der Waals surface area contributed by atoms with E-state index in [0.717, 1.165) is 18.2 Å². The van der Waals surface area contributed by atoms with Crippen LogP contribution in [0.4, 0.5) is 25.0 Å². The zero-order chi connectivity index (χ0) is 15.4.